The van der Waals surface area contributed by atoms with Gasteiger partial charge in [-0.2, -0.15) is 0 Å². The van der Waals surface area contributed by atoms with Crippen LogP contribution in [0.5, 0.6) is 0 Å². The molecule has 0 aromatic heterocycles. The summed E-state index contributed by atoms with van der Waals surface area (Å²) in [5.41, 5.74) is 0. The zero-order valence-corrected chi connectivity index (χ0v) is 9.52. The van der Waals surface area contributed by atoms with Crippen molar-refractivity contribution in [1.29, 1.82) is 0 Å². The second-order valence-electron chi connectivity index (χ2n) is 4.41. The fourth-order valence-electron chi connectivity index (χ4n) is 2.21. The van der Waals surface area contributed by atoms with Gasteiger partial charge in [0.05, 0.1) is 6.54 Å². The highest BCUT2D eigenvalue weighted by atomic mass is 32.2. The summed E-state index contributed by atoms with van der Waals surface area (Å²) < 4.78 is 16.5. The Morgan fingerprint density at radius 2 is 2.07 bits per heavy atom. The highest BCUT2D eigenvalue weighted by Crippen LogP contribution is 2.16. The molecule has 2 aliphatic heterocycles. The van der Waals surface area contributed by atoms with Crippen LogP contribution >= 0.6 is 0 Å². The van der Waals surface area contributed by atoms with Crippen LogP contribution in [0.3, 0.4) is 0 Å². The predicted octanol–water partition coefficient (Wildman–Crippen LogP) is 1.25. The van der Waals surface area contributed by atoms with E-state index in [4.69, 9.17) is 0 Å². The molecule has 2 fully saturated rings. The maximum atomic E-state index is 12.0. The molecule has 2 rings (SSSR count). The van der Waals surface area contributed by atoms with Crippen LogP contribution in [0.2, 0.25) is 0 Å². The van der Waals surface area contributed by atoms with Gasteiger partial charge in [0.15, 0.2) is 0 Å². The molecular weight excluding hydrogens is 196 g/mol. The molecule has 0 radical (unpaired) electrons. The fraction of sp³-hybridized carbons (Fsp3) is 1.00. The van der Waals surface area contributed by atoms with Crippen LogP contribution in [-0.2, 0) is 9.73 Å². The Kier molecular flexibility index (Phi) is 3.44. The van der Waals surface area contributed by atoms with Gasteiger partial charge in [0.25, 0.3) is 0 Å². The van der Waals surface area contributed by atoms with Gasteiger partial charge in [0.2, 0.25) is 0 Å². The molecule has 1 N–H and O–H groups in total. The summed E-state index contributed by atoms with van der Waals surface area (Å²) in [5.74, 6) is 2.35. The molecule has 0 aromatic carbocycles. The summed E-state index contributed by atoms with van der Waals surface area (Å²) in [6.45, 7) is 3.04. The van der Waals surface area contributed by atoms with Gasteiger partial charge in [0, 0.05) is 21.2 Å². The van der Waals surface area contributed by atoms with Crippen molar-refractivity contribution in [2.45, 2.75) is 25.7 Å². The van der Waals surface area contributed by atoms with E-state index in [0.717, 1.165) is 44.0 Å². The second kappa shape index (κ2) is 4.62. The van der Waals surface area contributed by atoms with Gasteiger partial charge >= 0.3 is 0 Å². The van der Waals surface area contributed by atoms with Crippen molar-refractivity contribution in [3.8, 4) is 0 Å². The van der Waals surface area contributed by atoms with E-state index in [2.05, 4.69) is 9.68 Å². The minimum atomic E-state index is -1.76. The third-order valence-corrected chi connectivity index (χ3v) is 5.62. The molecule has 0 spiro atoms. The summed E-state index contributed by atoms with van der Waals surface area (Å²) in [6, 6.07) is 0. The summed E-state index contributed by atoms with van der Waals surface area (Å²) in [7, 11) is -1.76. The zero-order valence-electron chi connectivity index (χ0n) is 8.71. The molecule has 0 saturated carbocycles. The van der Waals surface area contributed by atoms with Crippen molar-refractivity contribution in [1.82, 2.24) is 5.32 Å². The Bertz CT molecular complexity index is 276. The van der Waals surface area contributed by atoms with Gasteiger partial charge in [0.1, 0.15) is 0 Å². The number of nitrogens with one attached hydrogen (secondary N) is 1. The lowest BCUT2D eigenvalue weighted by atomic mass is 10.0. The largest absolute Gasteiger partial charge is 0.316 e. The topological polar surface area (TPSA) is 41.5 Å². The number of hydrogen-bond acceptors (Lipinski definition) is 3. The molecule has 2 heterocycles. The maximum absolute atomic E-state index is 12.0. The van der Waals surface area contributed by atoms with Crippen molar-refractivity contribution >= 4 is 9.73 Å². The number of nitrogens with zero attached hydrogens (tertiary/aromatic N) is 1. The average molecular weight is 216 g/mol. The Hall–Kier alpha value is -0.0900. The first-order chi connectivity index (χ1) is 6.79. The van der Waals surface area contributed by atoms with E-state index in [9.17, 15) is 4.21 Å². The molecule has 0 aliphatic carbocycles. The van der Waals surface area contributed by atoms with Crippen LogP contribution in [0.15, 0.2) is 4.36 Å². The molecule has 0 bridgehead atoms. The van der Waals surface area contributed by atoms with Crippen molar-refractivity contribution in [2.75, 3.05) is 31.1 Å². The number of piperidine rings is 1. The van der Waals surface area contributed by atoms with E-state index in [0.29, 0.717) is 5.92 Å². The lowest BCUT2D eigenvalue weighted by Gasteiger charge is -2.21. The molecule has 2 aliphatic rings. The molecular formula is C10H20N2OS. The van der Waals surface area contributed by atoms with Gasteiger partial charge in [-0.15, -0.1) is 0 Å². The number of rotatable bonds is 2. The Morgan fingerprint density at radius 3 is 2.71 bits per heavy atom. The smallest absolute Gasteiger partial charge is 0.0524 e. The SMILES string of the molecule is O=S1(=NC[C@@H]2CCCNC2)CCCC1. The molecule has 0 aromatic rings. The van der Waals surface area contributed by atoms with E-state index in [1.807, 2.05) is 0 Å². The lowest BCUT2D eigenvalue weighted by Crippen LogP contribution is -2.31. The lowest BCUT2D eigenvalue weighted by molar-refractivity contribution is 0.387. The first-order valence-corrected chi connectivity index (χ1v) is 7.53. The number of hydrogen-bond donors (Lipinski definition) is 1. The standard InChI is InChI=1S/C10H20N2OS/c13-14(6-1-2-7-14)12-9-10-4-3-5-11-8-10/h10-11H,1-9H2/t10-/m1/s1. The third-order valence-electron chi connectivity index (χ3n) is 3.14. The van der Waals surface area contributed by atoms with Gasteiger partial charge in [-0.3, -0.25) is 0 Å². The van der Waals surface area contributed by atoms with E-state index in [1.54, 1.807) is 0 Å². The highest BCUT2D eigenvalue weighted by molar-refractivity contribution is 7.93. The monoisotopic (exact) mass is 216 g/mol. The summed E-state index contributed by atoms with van der Waals surface area (Å²) in [6.07, 6.45) is 4.74. The third kappa shape index (κ3) is 2.70. The zero-order chi connectivity index (χ0) is 9.86. The van der Waals surface area contributed by atoms with Crippen LogP contribution in [0, 0.1) is 5.92 Å². The Balaban J connectivity index is 1.88. The molecule has 82 valence electrons. The first kappa shape index (κ1) is 10.4. The molecule has 1 atom stereocenters. The molecule has 14 heavy (non-hydrogen) atoms. The molecule has 3 nitrogen and oxygen atoms in total. The van der Waals surface area contributed by atoms with Gasteiger partial charge in [-0.1, -0.05) is 0 Å². The van der Waals surface area contributed by atoms with E-state index in [1.165, 1.54) is 12.8 Å². The molecule has 4 heteroatoms. The van der Waals surface area contributed by atoms with Crippen LogP contribution in [0.4, 0.5) is 0 Å². The molecule has 0 unspecified atom stereocenters. The van der Waals surface area contributed by atoms with Crippen molar-refractivity contribution < 1.29 is 4.21 Å². The van der Waals surface area contributed by atoms with Gasteiger partial charge in [-0.25, -0.2) is 8.57 Å². The minimum Gasteiger partial charge on any atom is -0.316 e. The quantitative estimate of drug-likeness (QED) is 0.755. The predicted molar refractivity (Wildman–Crippen MR) is 60.0 cm³/mol. The van der Waals surface area contributed by atoms with Crippen molar-refractivity contribution in [3.05, 3.63) is 0 Å². The van der Waals surface area contributed by atoms with E-state index >= 15 is 0 Å². The van der Waals surface area contributed by atoms with Crippen LogP contribution < -0.4 is 5.32 Å². The average Bonchev–Trinajstić information content (AvgIpc) is 2.65. The molecule has 0 amide bonds. The first-order valence-electron chi connectivity index (χ1n) is 5.67. The van der Waals surface area contributed by atoms with Crippen molar-refractivity contribution in [3.63, 3.8) is 0 Å². The summed E-state index contributed by atoms with van der Waals surface area (Å²) in [5, 5.41) is 3.37. The van der Waals surface area contributed by atoms with E-state index < -0.39 is 9.73 Å². The Labute approximate surface area is 86.8 Å². The summed E-state index contributed by atoms with van der Waals surface area (Å²) in [4.78, 5) is 0. The normalized spacial score (nSPS) is 31.6. The van der Waals surface area contributed by atoms with Crippen LogP contribution in [0.25, 0.3) is 0 Å². The Morgan fingerprint density at radius 1 is 1.29 bits per heavy atom. The minimum absolute atomic E-state index is 0.641. The maximum Gasteiger partial charge on any atom is 0.0524 e. The van der Waals surface area contributed by atoms with Gasteiger partial charge in [-0.05, 0) is 44.7 Å². The summed E-state index contributed by atoms with van der Waals surface area (Å²) >= 11 is 0. The van der Waals surface area contributed by atoms with Crippen LogP contribution in [-0.4, -0.2) is 35.3 Å². The van der Waals surface area contributed by atoms with E-state index in [-0.39, 0.29) is 0 Å². The second-order valence-corrected chi connectivity index (χ2v) is 7.03. The van der Waals surface area contributed by atoms with Gasteiger partial charge < -0.3 is 5.32 Å². The van der Waals surface area contributed by atoms with Crippen LogP contribution in [0.1, 0.15) is 25.7 Å². The highest BCUT2D eigenvalue weighted by Gasteiger charge is 2.18. The molecule has 2 saturated heterocycles. The fourth-order valence-corrected chi connectivity index (χ4v) is 4.46. The van der Waals surface area contributed by atoms with Crippen molar-refractivity contribution in [2.24, 2.45) is 10.3 Å².